The lowest BCUT2D eigenvalue weighted by Gasteiger charge is -2.40. The molecule has 0 radical (unpaired) electrons. The highest BCUT2D eigenvalue weighted by Gasteiger charge is 2.44. The van der Waals surface area contributed by atoms with E-state index in [1.807, 2.05) is 0 Å². The van der Waals surface area contributed by atoms with Crippen LogP contribution < -0.4 is 5.32 Å². The van der Waals surface area contributed by atoms with E-state index < -0.39 is 74.2 Å². The van der Waals surface area contributed by atoms with Crippen LogP contribution in [0.25, 0.3) is 0 Å². The SMILES string of the molecule is CCCCCCCCCCCCC/C=C/CC/C=C/CC/C=C/CCCC(O)C(O)C(COC1OC(CO)C(O)C(O)C1O)NC(=O)C(O)CCCCCCCCCCCCCCCCC/C=C\CCCCCCCCCCCCCC. The average Bonchev–Trinajstić information content (AvgIpc) is 3.53. The van der Waals surface area contributed by atoms with Crippen LogP contribution in [0, 0.1) is 0 Å². The Morgan fingerprint density at radius 3 is 1.09 bits per heavy atom. The van der Waals surface area contributed by atoms with E-state index in [-0.39, 0.29) is 12.8 Å². The summed E-state index contributed by atoms with van der Waals surface area (Å²) in [6.45, 7) is 3.48. The Morgan fingerprint density at radius 1 is 0.415 bits per heavy atom. The molecule has 1 saturated heterocycles. The molecule has 482 valence electrons. The van der Waals surface area contributed by atoms with Crippen molar-refractivity contribution in [2.45, 2.75) is 384 Å². The number of allylic oxidation sites excluding steroid dienone is 8. The van der Waals surface area contributed by atoms with Gasteiger partial charge >= 0.3 is 0 Å². The summed E-state index contributed by atoms with van der Waals surface area (Å²) in [4.78, 5) is 13.2. The summed E-state index contributed by atoms with van der Waals surface area (Å²) in [7, 11) is 0. The molecule has 0 aliphatic carbocycles. The quantitative estimate of drug-likeness (QED) is 0.0215. The van der Waals surface area contributed by atoms with Crippen molar-refractivity contribution in [2.75, 3.05) is 13.2 Å². The van der Waals surface area contributed by atoms with Crippen molar-refractivity contribution in [3.8, 4) is 0 Å². The second-order valence-corrected chi connectivity index (χ2v) is 24.6. The van der Waals surface area contributed by atoms with Crippen LogP contribution in [0.2, 0.25) is 0 Å². The first-order valence-electron chi connectivity index (χ1n) is 35.0. The minimum atomic E-state index is -1.67. The summed E-state index contributed by atoms with van der Waals surface area (Å²) >= 11 is 0. The molecular formula is C71H133NO10. The molecule has 8 N–H and O–H groups in total. The van der Waals surface area contributed by atoms with Crippen LogP contribution in [0.1, 0.15) is 328 Å². The predicted molar refractivity (Wildman–Crippen MR) is 344 cm³/mol. The van der Waals surface area contributed by atoms with Crippen LogP contribution >= 0.6 is 0 Å². The number of amides is 1. The van der Waals surface area contributed by atoms with Gasteiger partial charge in [0.2, 0.25) is 5.91 Å². The van der Waals surface area contributed by atoms with Crippen molar-refractivity contribution in [1.82, 2.24) is 5.32 Å². The molecule has 1 aliphatic rings. The molecule has 0 spiro atoms. The molecule has 9 atom stereocenters. The number of carbonyl (C=O) groups is 1. The molecule has 9 unspecified atom stereocenters. The van der Waals surface area contributed by atoms with Gasteiger partial charge in [0.05, 0.1) is 25.4 Å². The molecule has 11 nitrogen and oxygen atoms in total. The second kappa shape index (κ2) is 59.4. The highest BCUT2D eigenvalue weighted by Crippen LogP contribution is 2.24. The fourth-order valence-electron chi connectivity index (χ4n) is 11.2. The Balaban J connectivity index is 2.23. The Bertz CT molecular complexity index is 1470. The van der Waals surface area contributed by atoms with Crippen LogP contribution in [0.3, 0.4) is 0 Å². The predicted octanol–water partition coefficient (Wildman–Crippen LogP) is 16.7. The molecule has 1 fully saturated rings. The highest BCUT2D eigenvalue weighted by atomic mass is 16.7. The molecule has 1 rings (SSSR count). The van der Waals surface area contributed by atoms with E-state index in [9.17, 15) is 40.5 Å². The summed E-state index contributed by atoms with van der Waals surface area (Å²) < 4.78 is 11.2. The van der Waals surface area contributed by atoms with Crippen molar-refractivity contribution in [3.63, 3.8) is 0 Å². The molecule has 0 saturated carbocycles. The fourth-order valence-corrected chi connectivity index (χ4v) is 11.2. The molecule has 1 amide bonds. The summed E-state index contributed by atoms with van der Waals surface area (Å²) in [5.74, 6) is -0.708. The Labute approximate surface area is 504 Å². The molecule has 0 aromatic carbocycles. The Hall–Kier alpha value is -1.93. The van der Waals surface area contributed by atoms with E-state index >= 15 is 0 Å². The van der Waals surface area contributed by atoms with Crippen LogP contribution in [-0.2, 0) is 14.3 Å². The van der Waals surface area contributed by atoms with Gasteiger partial charge in [-0.1, -0.05) is 287 Å². The van der Waals surface area contributed by atoms with E-state index in [4.69, 9.17) is 9.47 Å². The third kappa shape index (κ3) is 46.3. The lowest BCUT2D eigenvalue weighted by atomic mass is 9.98. The second-order valence-electron chi connectivity index (χ2n) is 24.6. The van der Waals surface area contributed by atoms with Gasteiger partial charge in [-0.2, -0.15) is 0 Å². The fraction of sp³-hybridized carbons (Fsp3) is 0.873. The van der Waals surface area contributed by atoms with Crippen LogP contribution in [0.5, 0.6) is 0 Å². The van der Waals surface area contributed by atoms with Gasteiger partial charge in [-0.15, -0.1) is 0 Å². The van der Waals surface area contributed by atoms with Crippen LogP contribution in [0.15, 0.2) is 48.6 Å². The third-order valence-corrected chi connectivity index (χ3v) is 16.8. The van der Waals surface area contributed by atoms with Crippen molar-refractivity contribution in [1.29, 1.82) is 0 Å². The molecule has 0 aromatic heterocycles. The summed E-state index contributed by atoms with van der Waals surface area (Å²) in [6.07, 6.45) is 66.2. The largest absolute Gasteiger partial charge is 0.394 e. The maximum atomic E-state index is 13.2. The number of ether oxygens (including phenoxy) is 2. The molecule has 0 bridgehead atoms. The number of aliphatic hydroxyl groups is 7. The first kappa shape index (κ1) is 78.1. The lowest BCUT2D eigenvalue weighted by Crippen LogP contribution is -2.60. The van der Waals surface area contributed by atoms with E-state index in [0.29, 0.717) is 19.3 Å². The normalized spacial score (nSPS) is 19.4. The van der Waals surface area contributed by atoms with Gasteiger partial charge in [-0.05, 0) is 89.9 Å². The lowest BCUT2D eigenvalue weighted by molar-refractivity contribution is -0.303. The summed E-state index contributed by atoms with van der Waals surface area (Å²) in [5, 5.41) is 76.4. The molecule has 1 aliphatic heterocycles. The molecule has 11 heteroatoms. The minimum Gasteiger partial charge on any atom is -0.394 e. The van der Waals surface area contributed by atoms with E-state index in [1.165, 1.54) is 238 Å². The highest BCUT2D eigenvalue weighted by molar-refractivity contribution is 5.80. The number of nitrogens with one attached hydrogen (secondary N) is 1. The first-order valence-corrected chi connectivity index (χ1v) is 35.0. The summed E-state index contributed by atoms with van der Waals surface area (Å²) in [6, 6.07) is -1.20. The molecule has 0 aromatic rings. The molecular weight excluding hydrogens is 1030 g/mol. The first-order chi connectivity index (χ1) is 40.2. The number of carbonyl (C=O) groups excluding carboxylic acids is 1. The van der Waals surface area contributed by atoms with Crippen molar-refractivity contribution in [3.05, 3.63) is 48.6 Å². The smallest absolute Gasteiger partial charge is 0.249 e. The van der Waals surface area contributed by atoms with Crippen molar-refractivity contribution in [2.24, 2.45) is 0 Å². The maximum absolute atomic E-state index is 13.2. The zero-order valence-corrected chi connectivity index (χ0v) is 53.2. The van der Waals surface area contributed by atoms with Crippen LogP contribution in [-0.4, -0.2) is 110 Å². The monoisotopic (exact) mass is 1160 g/mol. The van der Waals surface area contributed by atoms with Crippen LogP contribution in [0.4, 0.5) is 0 Å². The van der Waals surface area contributed by atoms with Gasteiger partial charge in [-0.3, -0.25) is 4.79 Å². The number of hydrogen-bond acceptors (Lipinski definition) is 10. The molecule has 1 heterocycles. The third-order valence-electron chi connectivity index (χ3n) is 16.8. The Morgan fingerprint density at radius 2 is 0.732 bits per heavy atom. The number of unbranched alkanes of at least 4 members (excludes halogenated alkanes) is 41. The number of aliphatic hydroxyl groups excluding tert-OH is 7. The van der Waals surface area contributed by atoms with Crippen molar-refractivity contribution < 1.29 is 50.0 Å². The topological polar surface area (TPSA) is 189 Å². The summed E-state index contributed by atoms with van der Waals surface area (Å²) in [5.41, 5.74) is 0. The van der Waals surface area contributed by atoms with E-state index in [0.717, 1.165) is 44.9 Å². The average molecular weight is 1160 g/mol. The van der Waals surface area contributed by atoms with Gasteiger partial charge in [0, 0.05) is 0 Å². The Kier molecular flexibility index (Phi) is 56.6. The standard InChI is InChI=1S/C71H133NO10/c1-3-5-7-9-11-13-15-17-19-21-23-25-27-29-30-31-32-33-34-35-37-39-41-43-45-47-49-51-53-55-57-59-64(75)70(80)72-62(61-81-71-69(79)68(78)67(77)65(60-73)82-71)66(76)63(74)58-56-54-52-50-48-46-44-42-40-38-36-28-26-24-22-20-18-16-14-12-10-8-6-4-2/h28-30,36,42,44,50,52,62-69,71,73-79H,3-27,31-35,37-41,43,45-49,51,53-61H2,1-2H3,(H,72,80)/b30-29-,36-28+,44-42+,52-50+. The zero-order chi connectivity index (χ0) is 59.6. The number of rotatable bonds is 61. The zero-order valence-electron chi connectivity index (χ0n) is 53.2. The molecule has 82 heavy (non-hydrogen) atoms. The van der Waals surface area contributed by atoms with Gasteiger partial charge in [0.1, 0.15) is 36.6 Å². The van der Waals surface area contributed by atoms with Gasteiger partial charge < -0.3 is 50.5 Å². The van der Waals surface area contributed by atoms with Gasteiger partial charge in [-0.25, -0.2) is 0 Å². The van der Waals surface area contributed by atoms with Gasteiger partial charge in [0.15, 0.2) is 6.29 Å². The van der Waals surface area contributed by atoms with Crippen molar-refractivity contribution >= 4 is 5.91 Å². The maximum Gasteiger partial charge on any atom is 0.249 e. The van der Waals surface area contributed by atoms with Gasteiger partial charge in [0.25, 0.3) is 0 Å². The van der Waals surface area contributed by atoms with E-state index in [2.05, 4.69) is 67.8 Å². The number of hydrogen-bond donors (Lipinski definition) is 8. The minimum absolute atomic E-state index is 0.241. The van der Waals surface area contributed by atoms with E-state index in [1.54, 1.807) is 0 Å².